The summed E-state index contributed by atoms with van der Waals surface area (Å²) in [6.45, 7) is 10.1. The molecule has 0 heterocycles. The highest BCUT2D eigenvalue weighted by atomic mass is 32.2. The van der Waals surface area contributed by atoms with Crippen LogP contribution < -0.4 is 10.0 Å². The van der Waals surface area contributed by atoms with Crippen molar-refractivity contribution in [1.82, 2.24) is 10.0 Å². The van der Waals surface area contributed by atoms with Crippen molar-refractivity contribution in [2.45, 2.75) is 71.2 Å². The van der Waals surface area contributed by atoms with Gasteiger partial charge in [0.05, 0.1) is 0 Å². The molecule has 0 unspecified atom stereocenters. The Labute approximate surface area is 140 Å². The quantitative estimate of drug-likeness (QED) is 0.569. The molecular weight excluding hydrogens is 296 g/mol. The van der Waals surface area contributed by atoms with E-state index in [0.717, 1.165) is 5.11 Å². The van der Waals surface area contributed by atoms with Crippen molar-refractivity contribution < 1.29 is 0 Å². The largest absolute Gasteiger partial charge is 0.359 e. The molecule has 21 heavy (non-hydrogen) atoms. The van der Waals surface area contributed by atoms with Crippen LogP contribution >= 0.6 is 24.2 Å². The summed E-state index contributed by atoms with van der Waals surface area (Å²) >= 11 is 6.84. The minimum atomic E-state index is 0.577. The van der Waals surface area contributed by atoms with E-state index in [4.69, 9.17) is 12.2 Å². The van der Waals surface area contributed by atoms with Crippen molar-refractivity contribution in [2.24, 2.45) is 0 Å². The standard InChI is InChI=1S/C13H18N2S2.2C2H6/c1-10-6-8-12(9-7-10)17-15-13(16)14-11-4-2-3-5-11;2*1-2/h6-9,11H,2-5H2,1H3,(H2,14,15,16);2*1-2H3. The first kappa shape index (κ1) is 20.3. The Kier molecular flexibility index (Phi) is 12.5. The van der Waals surface area contributed by atoms with Crippen LogP contribution in [0.5, 0.6) is 0 Å². The maximum atomic E-state index is 5.27. The molecule has 1 aromatic rings. The van der Waals surface area contributed by atoms with E-state index in [1.54, 1.807) is 11.9 Å². The van der Waals surface area contributed by atoms with Crippen LogP contribution in [0.4, 0.5) is 0 Å². The highest BCUT2D eigenvalue weighted by Gasteiger charge is 2.15. The van der Waals surface area contributed by atoms with Gasteiger partial charge in [-0.15, -0.1) is 0 Å². The third kappa shape index (κ3) is 8.99. The maximum absolute atomic E-state index is 5.27. The predicted molar refractivity (Wildman–Crippen MR) is 101 cm³/mol. The molecule has 0 aliphatic heterocycles. The summed E-state index contributed by atoms with van der Waals surface area (Å²) in [5, 5.41) is 4.11. The number of hydrogen-bond donors (Lipinski definition) is 2. The van der Waals surface area contributed by atoms with Crippen LogP contribution in [0.3, 0.4) is 0 Å². The Morgan fingerprint density at radius 1 is 1.05 bits per heavy atom. The first-order valence-corrected chi connectivity index (χ1v) is 9.26. The molecule has 0 radical (unpaired) electrons. The van der Waals surface area contributed by atoms with Crippen molar-refractivity contribution in [3.8, 4) is 0 Å². The number of aryl methyl sites for hydroxylation is 1. The number of hydrogen-bond acceptors (Lipinski definition) is 2. The van der Waals surface area contributed by atoms with Crippen molar-refractivity contribution in [2.75, 3.05) is 0 Å². The molecule has 2 nitrogen and oxygen atoms in total. The third-order valence-electron chi connectivity index (χ3n) is 2.97. The van der Waals surface area contributed by atoms with E-state index in [2.05, 4.69) is 41.2 Å². The van der Waals surface area contributed by atoms with Crippen LogP contribution in [0.15, 0.2) is 29.2 Å². The molecule has 0 bridgehead atoms. The molecule has 0 aromatic heterocycles. The van der Waals surface area contributed by atoms with Gasteiger partial charge in [0.1, 0.15) is 0 Å². The zero-order valence-corrected chi connectivity index (χ0v) is 15.7. The minimum absolute atomic E-state index is 0.577. The second-order valence-corrected chi connectivity index (χ2v) is 5.76. The molecule has 1 saturated carbocycles. The second kappa shape index (κ2) is 13.0. The van der Waals surface area contributed by atoms with Gasteiger partial charge in [-0.3, -0.25) is 0 Å². The van der Waals surface area contributed by atoms with Gasteiger partial charge < -0.3 is 10.0 Å². The normalized spacial score (nSPS) is 13.4. The van der Waals surface area contributed by atoms with Crippen molar-refractivity contribution in [1.29, 1.82) is 0 Å². The first-order chi connectivity index (χ1) is 10.2. The summed E-state index contributed by atoms with van der Waals surface area (Å²) in [6, 6.07) is 9.00. The van der Waals surface area contributed by atoms with Gasteiger partial charge in [0.15, 0.2) is 5.11 Å². The summed E-state index contributed by atoms with van der Waals surface area (Å²) in [5.41, 5.74) is 1.28. The molecule has 2 N–H and O–H groups in total. The molecule has 1 fully saturated rings. The van der Waals surface area contributed by atoms with E-state index < -0.39 is 0 Å². The number of benzene rings is 1. The summed E-state index contributed by atoms with van der Waals surface area (Å²) in [6.07, 6.45) is 5.14. The second-order valence-electron chi connectivity index (χ2n) is 4.47. The minimum Gasteiger partial charge on any atom is -0.359 e. The molecular formula is C17H30N2S2. The average Bonchev–Trinajstić information content (AvgIpc) is 3.04. The van der Waals surface area contributed by atoms with Gasteiger partial charge in [0, 0.05) is 10.9 Å². The van der Waals surface area contributed by atoms with Crippen LogP contribution in [0.25, 0.3) is 0 Å². The highest BCUT2D eigenvalue weighted by Crippen LogP contribution is 2.18. The van der Waals surface area contributed by atoms with E-state index in [0.29, 0.717) is 6.04 Å². The summed E-state index contributed by atoms with van der Waals surface area (Å²) in [5.74, 6) is 0. The van der Waals surface area contributed by atoms with Crippen LogP contribution in [-0.4, -0.2) is 11.2 Å². The number of rotatable bonds is 3. The van der Waals surface area contributed by atoms with Gasteiger partial charge in [-0.25, -0.2) is 0 Å². The van der Waals surface area contributed by atoms with Crippen molar-refractivity contribution in [3.05, 3.63) is 29.8 Å². The van der Waals surface area contributed by atoms with Gasteiger partial charge >= 0.3 is 0 Å². The third-order valence-corrected chi connectivity index (χ3v) is 4.14. The lowest BCUT2D eigenvalue weighted by molar-refractivity contribution is 0.630. The fourth-order valence-electron chi connectivity index (χ4n) is 2.00. The van der Waals surface area contributed by atoms with Crippen LogP contribution in [0, 0.1) is 6.92 Å². The fraction of sp³-hybridized carbons (Fsp3) is 0.588. The van der Waals surface area contributed by atoms with Gasteiger partial charge in [-0.1, -0.05) is 58.2 Å². The fourth-order valence-corrected chi connectivity index (χ4v) is 2.83. The molecule has 2 rings (SSSR count). The highest BCUT2D eigenvalue weighted by molar-refractivity contribution is 7.99. The number of thiocarbonyl (C=S) groups is 1. The zero-order valence-electron chi connectivity index (χ0n) is 14.0. The van der Waals surface area contributed by atoms with Gasteiger partial charge in [-0.2, -0.15) is 0 Å². The Hall–Kier alpha value is -0.740. The van der Waals surface area contributed by atoms with Gasteiger partial charge in [0.25, 0.3) is 0 Å². The lowest BCUT2D eigenvalue weighted by Crippen LogP contribution is -2.37. The van der Waals surface area contributed by atoms with E-state index in [1.807, 2.05) is 27.7 Å². The average molecular weight is 327 g/mol. The molecule has 0 spiro atoms. The topological polar surface area (TPSA) is 24.1 Å². The van der Waals surface area contributed by atoms with E-state index in [9.17, 15) is 0 Å². The zero-order chi connectivity index (χ0) is 16.1. The monoisotopic (exact) mass is 326 g/mol. The van der Waals surface area contributed by atoms with Crippen LogP contribution in [-0.2, 0) is 0 Å². The Bertz CT molecular complexity index is 371. The van der Waals surface area contributed by atoms with E-state index in [-0.39, 0.29) is 0 Å². The Morgan fingerprint density at radius 3 is 2.10 bits per heavy atom. The molecule has 0 saturated heterocycles. The Morgan fingerprint density at radius 2 is 1.57 bits per heavy atom. The van der Waals surface area contributed by atoms with Gasteiger partial charge in [0.2, 0.25) is 0 Å². The summed E-state index contributed by atoms with van der Waals surface area (Å²) < 4.78 is 3.18. The lowest BCUT2D eigenvalue weighted by atomic mass is 10.2. The molecule has 1 aliphatic carbocycles. The molecule has 120 valence electrons. The molecule has 1 aromatic carbocycles. The molecule has 0 amide bonds. The Balaban J connectivity index is 0.000000921. The maximum Gasteiger partial charge on any atom is 0.176 e. The summed E-state index contributed by atoms with van der Waals surface area (Å²) in [7, 11) is 0. The van der Waals surface area contributed by atoms with Crippen molar-refractivity contribution >= 4 is 29.3 Å². The smallest absolute Gasteiger partial charge is 0.176 e. The summed E-state index contributed by atoms with van der Waals surface area (Å²) in [4.78, 5) is 1.19. The molecule has 1 aliphatic rings. The van der Waals surface area contributed by atoms with Crippen LogP contribution in [0.1, 0.15) is 58.9 Å². The van der Waals surface area contributed by atoms with E-state index in [1.165, 1.54) is 36.1 Å². The number of nitrogens with one attached hydrogen (secondary N) is 2. The van der Waals surface area contributed by atoms with Gasteiger partial charge in [-0.05, 0) is 56.1 Å². The molecule has 4 heteroatoms. The first-order valence-electron chi connectivity index (χ1n) is 8.04. The molecule has 0 atom stereocenters. The SMILES string of the molecule is CC.CC.Cc1ccc(SNC(=S)NC2CCCC2)cc1. The van der Waals surface area contributed by atoms with Crippen LogP contribution in [0.2, 0.25) is 0 Å². The lowest BCUT2D eigenvalue weighted by Gasteiger charge is -2.14. The van der Waals surface area contributed by atoms with Crippen molar-refractivity contribution in [3.63, 3.8) is 0 Å². The van der Waals surface area contributed by atoms with E-state index >= 15 is 0 Å². The predicted octanol–water partition coefficient (Wildman–Crippen LogP) is 5.46.